The van der Waals surface area contributed by atoms with Crippen molar-refractivity contribution in [3.8, 4) is 10.7 Å². The molecule has 0 atom stereocenters. The maximum Gasteiger partial charge on any atom is 0.230 e. The monoisotopic (exact) mass is 369 g/mol. The molecule has 0 unspecified atom stereocenters. The Bertz CT molecular complexity index is 996. The van der Waals surface area contributed by atoms with E-state index in [1.165, 1.54) is 29.0 Å². The highest BCUT2D eigenvalue weighted by atomic mass is 32.1. The SMILES string of the molecule is Nc1nc(-c2sc3nc4c(cc3c2N)CCC4)nc(N2CCOCC2)n1. The minimum Gasteiger partial charge on any atom is -0.397 e. The molecule has 0 bridgehead atoms. The zero-order valence-electron chi connectivity index (χ0n) is 14.2. The predicted octanol–water partition coefficient (Wildman–Crippen LogP) is 1.64. The standard InChI is InChI=1S/C17H19N7OS/c18-12-10-8-9-2-1-3-11(9)20-15(10)26-13(12)14-21-16(19)23-17(22-14)24-4-6-25-7-5-24/h8H,1-7,18H2,(H2,19,21,22,23). The van der Waals surface area contributed by atoms with Gasteiger partial charge in [-0.25, -0.2) is 4.98 Å². The summed E-state index contributed by atoms with van der Waals surface area (Å²) in [5.74, 6) is 1.28. The van der Waals surface area contributed by atoms with Gasteiger partial charge in [-0.3, -0.25) is 0 Å². The van der Waals surface area contributed by atoms with Gasteiger partial charge in [0.15, 0.2) is 5.82 Å². The Morgan fingerprint density at radius 2 is 1.88 bits per heavy atom. The van der Waals surface area contributed by atoms with E-state index >= 15 is 0 Å². The molecule has 0 aromatic carbocycles. The Labute approximate surface area is 154 Å². The van der Waals surface area contributed by atoms with Crippen molar-refractivity contribution in [1.29, 1.82) is 0 Å². The van der Waals surface area contributed by atoms with Gasteiger partial charge in [0.1, 0.15) is 4.83 Å². The van der Waals surface area contributed by atoms with Gasteiger partial charge in [0, 0.05) is 24.2 Å². The van der Waals surface area contributed by atoms with Crippen LogP contribution in [0.4, 0.5) is 17.6 Å². The lowest BCUT2D eigenvalue weighted by atomic mass is 10.1. The number of hydrogen-bond donors (Lipinski definition) is 2. The summed E-state index contributed by atoms with van der Waals surface area (Å²) in [6.45, 7) is 2.78. The van der Waals surface area contributed by atoms with Crippen molar-refractivity contribution in [3.63, 3.8) is 0 Å². The van der Waals surface area contributed by atoms with Crippen LogP contribution in [0.1, 0.15) is 17.7 Å². The van der Waals surface area contributed by atoms with Crippen molar-refractivity contribution >= 4 is 39.1 Å². The second-order valence-electron chi connectivity index (χ2n) is 6.56. The average Bonchev–Trinajstić information content (AvgIpc) is 3.24. The number of pyridine rings is 1. The van der Waals surface area contributed by atoms with Gasteiger partial charge in [-0.1, -0.05) is 0 Å². The number of nitrogens with zero attached hydrogens (tertiary/aromatic N) is 5. The highest BCUT2D eigenvalue weighted by Crippen LogP contribution is 2.40. The highest BCUT2D eigenvalue weighted by Gasteiger charge is 2.22. The number of nitrogen functional groups attached to an aromatic ring is 2. The molecule has 8 nitrogen and oxygen atoms in total. The molecule has 134 valence electrons. The number of aryl methyl sites for hydroxylation is 2. The van der Waals surface area contributed by atoms with Gasteiger partial charge in [-0.05, 0) is 30.9 Å². The fourth-order valence-corrected chi connectivity index (χ4v) is 4.58. The van der Waals surface area contributed by atoms with E-state index in [9.17, 15) is 0 Å². The van der Waals surface area contributed by atoms with Crippen LogP contribution in [0.2, 0.25) is 0 Å². The number of aromatic nitrogens is 4. The van der Waals surface area contributed by atoms with Gasteiger partial charge in [-0.15, -0.1) is 11.3 Å². The van der Waals surface area contributed by atoms with E-state index in [1.54, 1.807) is 0 Å². The van der Waals surface area contributed by atoms with Crippen LogP contribution in [-0.4, -0.2) is 46.2 Å². The topological polar surface area (TPSA) is 116 Å². The molecule has 1 saturated heterocycles. The third-order valence-electron chi connectivity index (χ3n) is 4.89. The van der Waals surface area contributed by atoms with Gasteiger partial charge in [0.25, 0.3) is 0 Å². The third-order valence-corrected chi connectivity index (χ3v) is 6.00. The average molecular weight is 369 g/mol. The fraction of sp³-hybridized carbons (Fsp3) is 0.412. The summed E-state index contributed by atoms with van der Waals surface area (Å²) >= 11 is 1.52. The van der Waals surface area contributed by atoms with Crippen LogP contribution in [-0.2, 0) is 17.6 Å². The van der Waals surface area contributed by atoms with Crippen LogP contribution in [0.15, 0.2) is 6.07 Å². The molecular weight excluding hydrogens is 350 g/mol. The molecule has 0 saturated carbocycles. The summed E-state index contributed by atoms with van der Waals surface area (Å²) in [7, 11) is 0. The predicted molar refractivity (Wildman–Crippen MR) is 102 cm³/mol. The lowest BCUT2D eigenvalue weighted by Crippen LogP contribution is -2.37. The quantitative estimate of drug-likeness (QED) is 0.700. The number of fused-ring (bicyclic) bond motifs is 2. The second kappa shape index (κ2) is 6.03. The molecule has 4 N–H and O–H groups in total. The lowest BCUT2D eigenvalue weighted by molar-refractivity contribution is 0.122. The van der Waals surface area contributed by atoms with E-state index in [1.807, 2.05) is 0 Å². The molecule has 2 aliphatic rings. The van der Waals surface area contributed by atoms with Crippen molar-refractivity contribution < 1.29 is 4.74 Å². The molecule has 0 radical (unpaired) electrons. The second-order valence-corrected chi connectivity index (χ2v) is 7.56. The Hall–Kier alpha value is -2.52. The number of rotatable bonds is 2. The molecule has 0 amide bonds. The minimum atomic E-state index is 0.198. The summed E-state index contributed by atoms with van der Waals surface area (Å²) in [6.07, 6.45) is 3.28. The largest absolute Gasteiger partial charge is 0.397 e. The summed E-state index contributed by atoms with van der Waals surface area (Å²) in [5, 5.41) is 0.984. The number of ether oxygens (including phenoxy) is 1. The van der Waals surface area contributed by atoms with Crippen molar-refractivity contribution in [1.82, 2.24) is 19.9 Å². The molecule has 9 heteroatoms. The zero-order valence-corrected chi connectivity index (χ0v) is 15.1. The molecule has 0 spiro atoms. The van der Waals surface area contributed by atoms with E-state index in [-0.39, 0.29) is 5.95 Å². The van der Waals surface area contributed by atoms with E-state index in [0.29, 0.717) is 30.7 Å². The molecule has 3 aromatic rings. The van der Waals surface area contributed by atoms with Gasteiger partial charge in [-0.2, -0.15) is 15.0 Å². The molecule has 5 rings (SSSR count). The molecule has 3 aromatic heterocycles. The first-order valence-electron chi connectivity index (χ1n) is 8.74. The molecule has 1 fully saturated rings. The summed E-state index contributed by atoms with van der Waals surface area (Å²) in [6, 6.07) is 2.17. The summed E-state index contributed by atoms with van der Waals surface area (Å²) < 4.78 is 5.39. The van der Waals surface area contributed by atoms with Crippen LogP contribution in [0, 0.1) is 0 Å². The van der Waals surface area contributed by atoms with E-state index in [4.69, 9.17) is 21.2 Å². The fourth-order valence-electron chi connectivity index (χ4n) is 3.55. The maximum absolute atomic E-state index is 6.44. The first-order valence-corrected chi connectivity index (χ1v) is 9.56. The van der Waals surface area contributed by atoms with Gasteiger partial charge in [0.2, 0.25) is 11.9 Å². The van der Waals surface area contributed by atoms with E-state index in [2.05, 4.69) is 25.9 Å². The van der Waals surface area contributed by atoms with Crippen molar-refractivity contribution in [2.24, 2.45) is 0 Å². The number of thiophene rings is 1. The van der Waals surface area contributed by atoms with Crippen LogP contribution >= 0.6 is 11.3 Å². The minimum absolute atomic E-state index is 0.198. The first-order chi connectivity index (χ1) is 12.7. The summed E-state index contributed by atoms with van der Waals surface area (Å²) in [4.78, 5) is 21.9. The van der Waals surface area contributed by atoms with E-state index in [0.717, 1.165) is 41.0 Å². The van der Waals surface area contributed by atoms with Gasteiger partial charge < -0.3 is 21.1 Å². The molecule has 1 aliphatic carbocycles. The Balaban J connectivity index is 1.61. The maximum atomic E-state index is 6.44. The first kappa shape index (κ1) is 15.7. The van der Waals surface area contributed by atoms with Gasteiger partial charge in [0.05, 0.1) is 23.8 Å². The van der Waals surface area contributed by atoms with Crippen molar-refractivity contribution in [2.45, 2.75) is 19.3 Å². The van der Waals surface area contributed by atoms with Crippen LogP contribution in [0.3, 0.4) is 0 Å². The Morgan fingerprint density at radius 1 is 1.04 bits per heavy atom. The third kappa shape index (κ3) is 2.55. The number of morpholine rings is 1. The van der Waals surface area contributed by atoms with Crippen LogP contribution in [0.25, 0.3) is 20.9 Å². The zero-order chi connectivity index (χ0) is 17.7. The summed E-state index contributed by atoms with van der Waals surface area (Å²) in [5.41, 5.74) is 15.6. The smallest absolute Gasteiger partial charge is 0.230 e. The molecule has 4 heterocycles. The number of anilines is 3. The lowest BCUT2D eigenvalue weighted by Gasteiger charge is -2.26. The van der Waals surface area contributed by atoms with E-state index < -0.39 is 0 Å². The number of nitrogens with two attached hydrogens (primary N) is 2. The molecular formula is C17H19N7OS. The Morgan fingerprint density at radius 3 is 2.73 bits per heavy atom. The Kier molecular flexibility index (Phi) is 3.64. The normalized spacial score (nSPS) is 17.0. The highest BCUT2D eigenvalue weighted by molar-refractivity contribution is 7.22. The van der Waals surface area contributed by atoms with Crippen molar-refractivity contribution in [3.05, 3.63) is 17.3 Å². The van der Waals surface area contributed by atoms with Gasteiger partial charge >= 0.3 is 0 Å². The molecule has 1 aliphatic heterocycles. The van der Waals surface area contributed by atoms with Crippen LogP contribution in [0.5, 0.6) is 0 Å². The van der Waals surface area contributed by atoms with Crippen molar-refractivity contribution in [2.75, 3.05) is 42.7 Å². The molecule has 26 heavy (non-hydrogen) atoms. The number of hydrogen-bond acceptors (Lipinski definition) is 9. The van der Waals surface area contributed by atoms with Crippen LogP contribution < -0.4 is 16.4 Å².